The number of hydrogen-bond acceptors (Lipinski definition) is 7. The van der Waals surface area contributed by atoms with Crippen LogP contribution in [0, 0.1) is 13.8 Å². The molecule has 5 rings (SSSR count). The van der Waals surface area contributed by atoms with Gasteiger partial charge in [-0.05, 0) is 80.3 Å². The number of rotatable bonds is 8. The summed E-state index contributed by atoms with van der Waals surface area (Å²) in [4.78, 5) is 20.2. The average molecular weight is 540 g/mol. The molecule has 0 aliphatic carbocycles. The molecule has 1 atom stereocenters. The van der Waals surface area contributed by atoms with E-state index >= 15 is 0 Å². The topological polar surface area (TPSA) is 93.0 Å². The summed E-state index contributed by atoms with van der Waals surface area (Å²) in [6.45, 7) is 5.21. The minimum atomic E-state index is -3.71. The summed E-state index contributed by atoms with van der Waals surface area (Å²) in [6.07, 6.45) is 3.27. The van der Waals surface area contributed by atoms with Crippen molar-refractivity contribution in [1.82, 2.24) is 9.29 Å². The maximum atomic E-state index is 13.7. The molecule has 0 N–H and O–H groups in total. The number of anilines is 1. The molecule has 0 radical (unpaired) electrons. The number of benzene rings is 2. The summed E-state index contributed by atoms with van der Waals surface area (Å²) >= 11 is 1.44. The van der Waals surface area contributed by atoms with Gasteiger partial charge in [0.2, 0.25) is 10.0 Å². The van der Waals surface area contributed by atoms with Crippen molar-refractivity contribution < 1.29 is 22.4 Å². The fourth-order valence-corrected chi connectivity index (χ4v) is 6.88. The van der Waals surface area contributed by atoms with Crippen LogP contribution in [0.5, 0.6) is 0 Å². The second kappa shape index (κ2) is 10.4. The standard InChI is InChI=1S/C27H29N3O5S2/c1-18-14-19(2)25-24(15-18)36-27(28-25)30(17-22-7-5-13-35-22)26(31)20-8-10-23(11-9-20)37(32,33)29(3)16-21-6-4-12-34-21/h5,7-11,13-15,21H,4,6,12,16-17H2,1-3H3. The minimum Gasteiger partial charge on any atom is -0.467 e. The molecule has 1 saturated heterocycles. The number of nitrogens with zero attached hydrogens (tertiary/aromatic N) is 3. The zero-order valence-corrected chi connectivity index (χ0v) is 22.6. The lowest BCUT2D eigenvalue weighted by Crippen LogP contribution is -2.34. The van der Waals surface area contributed by atoms with Crippen molar-refractivity contribution in [2.75, 3.05) is 25.1 Å². The van der Waals surface area contributed by atoms with E-state index in [4.69, 9.17) is 14.1 Å². The third-order valence-corrected chi connectivity index (χ3v) is 9.35. The van der Waals surface area contributed by atoms with E-state index in [1.165, 1.54) is 27.8 Å². The Bertz CT molecular complexity index is 1510. The number of thiazole rings is 1. The number of amides is 1. The highest BCUT2D eigenvalue weighted by Crippen LogP contribution is 2.33. The monoisotopic (exact) mass is 539 g/mol. The molecule has 1 aliphatic rings. The van der Waals surface area contributed by atoms with E-state index in [0.29, 0.717) is 29.6 Å². The van der Waals surface area contributed by atoms with Crippen molar-refractivity contribution in [3.8, 4) is 0 Å². The number of aromatic nitrogens is 1. The van der Waals surface area contributed by atoms with Gasteiger partial charge in [-0.1, -0.05) is 17.4 Å². The lowest BCUT2D eigenvalue weighted by molar-refractivity contribution is 0.0978. The first-order valence-corrected chi connectivity index (χ1v) is 14.4. The lowest BCUT2D eigenvalue weighted by Gasteiger charge is -2.21. The predicted octanol–water partition coefficient (Wildman–Crippen LogP) is 5.15. The van der Waals surface area contributed by atoms with Gasteiger partial charge in [0.25, 0.3) is 5.91 Å². The van der Waals surface area contributed by atoms with Crippen LogP contribution in [-0.2, 0) is 21.3 Å². The largest absolute Gasteiger partial charge is 0.467 e. The Kier molecular flexibility index (Phi) is 7.17. The Morgan fingerprint density at radius 2 is 1.95 bits per heavy atom. The SMILES string of the molecule is Cc1cc(C)c2nc(N(Cc3ccco3)C(=O)c3ccc(S(=O)(=O)N(C)CC4CCCO4)cc3)sc2c1. The number of aryl methyl sites for hydroxylation is 2. The summed E-state index contributed by atoms with van der Waals surface area (Å²) in [5.41, 5.74) is 3.40. The number of likely N-dealkylation sites (N-methyl/N-ethyl adjacent to an activating group) is 1. The maximum Gasteiger partial charge on any atom is 0.260 e. The molecule has 10 heteroatoms. The number of carbonyl (C=O) groups is 1. The van der Waals surface area contributed by atoms with E-state index in [-0.39, 0.29) is 23.5 Å². The molecule has 2 aromatic carbocycles. The zero-order chi connectivity index (χ0) is 26.2. The molecule has 1 fully saturated rings. The Morgan fingerprint density at radius 1 is 1.16 bits per heavy atom. The highest BCUT2D eigenvalue weighted by molar-refractivity contribution is 7.89. The van der Waals surface area contributed by atoms with Crippen LogP contribution in [0.2, 0.25) is 0 Å². The van der Waals surface area contributed by atoms with Gasteiger partial charge < -0.3 is 9.15 Å². The van der Waals surface area contributed by atoms with Crippen LogP contribution in [0.1, 0.15) is 40.1 Å². The number of sulfonamides is 1. The van der Waals surface area contributed by atoms with Crippen LogP contribution >= 0.6 is 11.3 Å². The van der Waals surface area contributed by atoms with Crippen LogP contribution < -0.4 is 4.90 Å². The third-order valence-electron chi connectivity index (χ3n) is 6.48. The van der Waals surface area contributed by atoms with Crippen LogP contribution in [0.15, 0.2) is 64.1 Å². The number of ether oxygens (including phenoxy) is 1. The Hall–Kier alpha value is -3.05. The smallest absolute Gasteiger partial charge is 0.260 e. The zero-order valence-electron chi connectivity index (χ0n) is 21.0. The summed E-state index contributed by atoms with van der Waals surface area (Å²) < 4.78 is 39.6. The molecule has 1 amide bonds. The Morgan fingerprint density at radius 3 is 2.62 bits per heavy atom. The number of fused-ring (bicyclic) bond motifs is 1. The minimum absolute atomic E-state index is 0.0861. The van der Waals surface area contributed by atoms with Gasteiger partial charge in [-0.25, -0.2) is 13.4 Å². The number of hydrogen-bond donors (Lipinski definition) is 0. The van der Waals surface area contributed by atoms with E-state index in [0.717, 1.165) is 34.2 Å². The molecular weight excluding hydrogens is 510 g/mol. The molecule has 2 aromatic heterocycles. The van der Waals surface area contributed by atoms with Gasteiger partial charge >= 0.3 is 0 Å². The van der Waals surface area contributed by atoms with E-state index in [9.17, 15) is 13.2 Å². The van der Waals surface area contributed by atoms with E-state index in [1.54, 1.807) is 36.4 Å². The van der Waals surface area contributed by atoms with Crippen molar-refractivity contribution in [2.24, 2.45) is 0 Å². The van der Waals surface area contributed by atoms with Gasteiger partial charge in [0.05, 0.1) is 34.0 Å². The Labute approximate surface area is 220 Å². The molecule has 37 heavy (non-hydrogen) atoms. The summed E-state index contributed by atoms with van der Waals surface area (Å²) in [5.74, 6) is 0.331. The molecule has 194 valence electrons. The number of furan rings is 1. The summed E-state index contributed by atoms with van der Waals surface area (Å²) in [5, 5.41) is 0.554. The first-order valence-electron chi connectivity index (χ1n) is 12.1. The second-order valence-electron chi connectivity index (χ2n) is 9.34. The Balaban J connectivity index is 1.43. The highest BCUT2D eigenvalue weighted by atomic mass is 32.2. The van der Waals surface area contributed by atoms with E-state index in [1.807, 2.05) is 19.9 Å². The molecule has 0 spiro atoms. The van der Waals surface area contributed by atoms with Crippen molar-refractivity contribution in [3.05, 3.63) is 77.2 Å². The lowest BCUT2D eigenvalue weighted by atomic mass is 10.1. The van der Waals surface area contributed by atoms with Crippen LogP contribution in [0.3, 0.4) is 0 Å². The molecule has 8 nitrogen and oxygen atoms in total. The van der Waals surface area contributed by atoms with E-state index in [2.05, 4.69) is 12.1 Å². The fraction of sp³-hybridized carbons (Fsp3) is 0.333. The van der Waals surface area contributed by atoms with Gasteiger partial charge in [0.1, 0.15) is 5.76 Å². The average Bonchev–Trinajstić information content (AvgIpc) is 3.64. The van der Waals surface area contributed by atoms with Gasteiger partial charge in [0, 0.05) is 25.8 Å². The van der Waals surface area contributed by atoms with Crippen molar-refractivity contribution >= 4 is 42.6 Å². The van der Waals surface area contributed by atoms with Crippen LogP contribution in [0.4, 0.5) is 5.13 Å². The first kappa shape index (κ1) is 25.6. The molecule has 0 saturated carbocycles. The molecule has 1 aliphatic heterocycles. The van der Waals surface area contributed by atoms with Gasteiger partial charge in [-0.3, -0.25) is 9.69 Å². The molecule has 1 unspecified atom stereocenters. The van der Waals surface area contributed by atoms with Crippen molar-refractivity contribution in [3.63, 3.8) is 0 Å². The van der Waals surface area contributed by atoms with Crippen molar-refractivity contribution in [1.29, 1.82) is 0 Å². The predicted molar refractivity (Wildman–Crippen MR) is 144 cm³/mol. The van der Waals surface area contributed by atoms with Gasteiger partial charge in [0.15, 0.2) is 5.13 Å². The quantitative estimate of drug-likeness (QED) is 0.307. The second-order valence-corrected chi connectivity index (χ2v) is 12.4. The normalized spacial score (nSPS) is 16.1. The maximum absolute atomic E-state index is 13.7. The van der Waals surface area contributed by atoms with Crippen LogP contribution in [-0.4, -0.2) is 49.9 Å². The molecule has 3 heterocycles. The third kappa shape index (κ3) is 5.33. The first-order chi connectivity index (χ1) is 17.7. The summed E-state index contributed by atoms with van der Waals surface area (Å²) in [7, 11) is -2.15. The van der Waals surface area contributed by atoms with Gasteiger partial charge in [-0.2, -0.15) is 4.31 Å². The van der Waals surface area contributed by atoms with E-state index < -0.39 is 10.0 Å². The molecule has 0 bridgehead atoms. The van der Waals surface area contributed by atoms with Crippen LogP contribution in [0.25, 0.3) is 10.2 Å². The number of carbonyl (C=O) groups excluding carboxylic acids is 1. The van der Waals surface area contributed by atoms with Crippen molar-refractivity contribution in [2.45, 2.75) is 44.2 Å². The highest BCUT2D eigenvalue weighted by Gasteiger charge is 2.27. The molecular formula is C27H29N3O5S2. The molecule has 4 aromatic rings. The summed E-state index contributed by atoms with van der Waals surface area (Å²) in [6, 6.07) is 13.8. The fourth-order valence-electron chi connectivity index (χ4n) is 4.54. The van der Waals surface area contributed by atoms with Gasteiger partial charge in [-0.15, -0.1) is 0 Å².